The van der Waals surface area contributed by atoms with Crippen LogP contribution in [0.4, 0.5) is 0 Å². The van der Waals surface area contributed by atoms with Gasteiger partial charge in [-0.05, 0) is 19.3 Å². The van der Waals surface area contributed by atoms with Crippen molar-refractivity contribution >= 4 is 0 Å². The van der Waals surface area contributed by atoms with Crippen molar-refractivity contribution in [3.05, 3.63) is 0 Å². The van der Waals surface area contributed by atoms with Crippen molar-refractivity contribution in [2.24, 2.45) is 0 Å². The third kappa shape index (κ3) is 8.52. The monoisotopic (exact) mass is 202 g/mol. The van der Waals surface area contributed by atoms with E-state index in [4.69, 9.17) is 0 Å². The van der Waals surface area contributed by atoms with Crippen LogP contribution >= 0.6 is 0 Å². The van der Waals surface area contributed by atoms with E-state index < -0.39 is 0 Å². The zero-order chi connectivity index (χ0) is 10.8. The normalized spacial score (nSPS) is 15.4. The fourth-order valence-electron chi connectivity index (χ4n) is 1.62. The SMILES string of the molecule is CCCCC[C@@H](O)C[C@@H](O)CCCC. The molecule has 0 unspecified atom stereocenters. The van der Waals surface area contributed by atoms with Crippen molar-refractivity contribution in [3.8, 4) is 0 Å². The van der Waals surface area contributed by atoms with Crippen molar-refractivity contribution < 1.29 is 10.2 Å². The van der Waals surface area contributed by atoms with Crippen molar-refractivity contribution in [2.75, 3.05) is 0 Å². The molecule has 0 amide bonds. The lowest BCUT2D eigenvalue weighted by Gasteiger charge is -2.15. The Balaban J connectivity index is 3.35. The highest BCUT2D eigenvalue weighted by Crippen LogP contribution is 2.12. The summed E-state index contributed by atoms with van der Waals surface area (Å²) in [6.45, 7) is 4.27. The molecule has 0 aliphatic rings. The van der Waals surface area contributed by atoms with E-state index in [1.165, 1.54) is 12.8 Å². The molecule has 2 N–H and O–H groups in total. The standard InChI is InChI=1S/C12H26O2/c1-3-5-7-9-12(14)10-11(13)8-6-4-2/h11-14H,3-10H2,1-2H3/t11-,12+/m0/s1. The fourth-order valence-corrected chi connectivity index (χ4v) is 1.62. The molecule has 0 aromatic carbocycles. The molecule has 0 aliphatic heterocycles. The summed E-state index contributed by atoms with van der Waals surface area (Å²) >= 11 is 0. The second kappa shape index (κ2) is 9.47. The van der Waals surface area contributed by atoms with Gasteiger partial charge in [0.25, 0.3) is 0 Å². The number of hydrogen-bond donors (Lipinski definition) is 2. The van der Waals surface area contributed by atoms with Crippen molar-refractivity contribution in [2.45, 2.75) is 77.4 Å². The average Bonchev–Trinajstić information content (AvgIpc) is 2.15. The molecule has 0 aromatic heterocycles. The summed E-state index contributed by atoms with van der Waals surface area (Å²) in [5.41, 5.74) is 0. The minimum atomic E-state index is -0.299. The van der Waals surface area contributed by atoms with Crippen molar-refractivity contribution in [3.63, 3.8) is 0 Å². The van der Waals surface area contributed by atoms with Gasteiger partial charge in [-0.3, -0.25) is 0 Å². The summed E-state index contributed by atoms with van der Waals surface area (Å²) in [4.78, 5) is 0. The summed E-state index contributed by atoms with van der Waals surface area (Å²) in [6.07, 6.45) is 7.26. The van der Waals surface area contributed by atoms with Crippen LogP contribution in [0, 0.1) is 0 Å². The van der Waals surface area contributed by atoms with Gasteiger partial charge in [-0.15, -0.1) is 0 Å². The van der Waals surface area contributed by atoms with Gasteiger partial charge in [0, 0.05) is 0 Å². The Morgan fingerprint density at radius 1 is 0.786 bits per heavy atom. The van der Waals surface area contributed by atoms with E-state index in [-0.39, 0.29) is 12.2 Å². The van der Waals surface area contributed by atoms with Crippen LogP contribution < -0.4 is 0 Å². The summed E-state index contributed by atoms with van der Waals surface area (Å²) < 4.78 is 0. The number of aliphatic hydroxyl groups excluding tert-OH is 2. The molecule has 2 heteroatoms. The summed E-state index contributed by atoms with van der Waals surface area (Å²) in [6, 6.07) is 0. The third-order valence-electron chi connectivity index (χ3n) is 2.58. The van der Waals surface area contributed by atoms with Crippen LogP contribution in [0.3, 0.4) is 0 Å². The molecule has 0 fully saturated rings. The maximum Gasteiger partial charge on any atom is 0.0564 e. The zero-order valence-corrected chi connectivity index (χ0v) is 9.71. The molecule has 0 spiro atoms. The number of rotatable bonds is 9. The molecule has 0 bridgehead atoms. The Bertz CT molecular complexity index is 115. The molecular formula is C12H26O2. The summed E-state index contributed by atoms with van der Waals surface area (Å²) in [5, 5.41) is 19.1. The van der Waals surface area contributed by atoms with E-state index in [0.29, 0.717) is 6.42 Å². The molecule has 86 valence electrons. The van der Waals surface area contributed by atoms with Gasteiger partial charge >= 0.3 is 0 Å². The van der Waals surface area contributed by atoms with E-state index in [1.807, 2.05) is 0 Å². The van der Waals surface area contributed by atoms with Crippen LogP contribution in [0.1, 0.15) is 65.2 Å². The second-order valence-corrected chi connectivity index (χ2v) is 4.18. The van der Waals surface area contributed by atoms with Crippen LogP contribution in [0.2, 0.25) is 0 Å². The Morgan fingerprint density at radius 3 is 1.79 bits per heavy atom. The molecule has 0 saturated heterocycles. The van der Waals surface area contributed by atoms with Gasteiger partial charge in [0.15, 0.2) is 0 Å². The summed E-state index contributed by atoms with van der Waals surface area (Å²) in [5.74, 6) is 0. The molecule has 0 saturated carbocycles. The third-order valence-corrected chi connectivity index (χ3v) is 2.58. The predicted molar refractivity (Wildman–Crippen MR) is 60.3 cm³/mol. The van der Waals surface area contributed by atoms with Crippen LogP contribution in [-0.4, -0.2) is 22.4 Å². The first-order valence-corrected chi connectivity index (χ1v) is 6.06. The van der Waals surface area contributed by atoms with Gasteiger partial charge in [0.2, 0.25) is 0 Å². The molecular weight excluding hydrogens is 176 g/mol. The van der Waals surface area contributed by atoms with Gasteiger partial charge in [0.05, 0.1) is 12.2 Å². The Labute approximate surface area is 88.3 Å². The zero-order valence-electron chi connectivity index (χ0n) is 9.71. The lowest BCUT2D eigenvalue weighted by Crippen LogP contribution is -2.17. The van der Waals surface area contributed by atoms with E-state index in [2.05, 4.69) is 13.8 Å². The minimum absolute atomic E-state index is 0.298. The Morgan fingerprint density at radius 2 is 1.29 bits per heavy atom. The van der Waals surface area contributed by atoms with Crippen molar-refractivity contribution in [1.82, 2.24) is 0 Å². The first-order valence-electron chi connectivity index (χ1n) is 6.06. The average molecular weight is 202 g/mol. The van der Waals surface area contributed by atoms with E-state index in [1.54, 1.807) is 0 Å². The van der Waals surface area contributed by atoms with Crippen LogP contribution in [0.15, 0.2) is 0 Å². The lowest BCUT2D eigenvalue weighted by atomic mass is 10.0. The fraction of sp³-hybridized carbons (Fsp3) is 1.00. The maximum absolute atomic E-state index is 9.59. The van der Waals surface area contributed by atoms with Crippen LogP contribution in [0.25, 0.3) is 0 Å². The highest BCUT2D eigenvalue weighted by atomic mass is 16.3. The van der Waals surface area contributed by atoms with Crippen LogP contribution in [0.5, 0.6) is 0 Å². The molecule has 0 aliphatic carbocycles. The molecule has 0 radical (unpaired) electrons. The minimum Gasteiger partial charge on any atom is -0.393 e. The van der Waals surface area contributed by atoms with Gasteiger partial charge in [-0.25, -0.2) is 0 Å². The lowest BCUT2D eigenvalue weighted by molar-refractivity contribution is 0.0684. The highest BCUT2D eigenvalue weighted by molar-refractivity contribution is 4.63. The molecule has 2 atom stereocenters. The Hall–Kier alpha value is -0.0800. The number of hydrogen-bond acceptors (Lipinski definition) is 2. The topological polar surface area (TPSA) is 40.5 Å². The van der Waals surface area contributed by atoms with E-state index in [0.717, 1.165) is 32.1 Å². The molecule has 0 aromatic rings. The smallest absolute Gasteiger partial charge is 0.0564 e. The predicted octanol–water partition coefficient (Wildman–Crippen LogP) is 2.87. The molecule has 0 rings (SSSR count). The largest absolute Gasteiger partial charge is 0.393 e. The number of aliphatic hydroxyl groups is 2. The van der Waals surface area contributed by atoms with Gasteiger partial charge in [-0.2, -0.15) is 0 Å². The summed E-state index contributed by atoms with van der Waals surface area (Å²) in [7, 11) is 0. The number of unbranched alkanes of at least 4 members (excludes halogenated alkanes) is 3. The van der Waals surface area contributed by atoms with E-state index in [9.17, 15) is 10.2 Å². The van der Waals surface area contributed by atoms with Crippen LogP contribution in [-0.2, 0) is 0 Å². The Kier molecular flexibility index (Phi) is 9.42. The second-order valence-electron chi connectivity index (χ2n) is 4.18. The molecule has 2 nitrogen and oxygen atoms in total. The first-order chi connectivity index (χ1) is 6.70. The quantitative estimate of drug-likeness (QED) is 0.564. The van der Waals surface area contributed by atoms with Crippen molar-refractivity contribution in [1.29, 1.82) is 0 Å². The first kappa shape index (κ1) is 13.9. The molecule has 14 heavy (non-hydrogen) atoms. The van der Waals surface area contributed by atoms with E-state index >= 15 is 0 Å². The maximum atomic E-state index is 9.59. The molecule has 0 heterocycles. The van der Waals surface area contributed by atoms with Gasteiger partial charge in [-0.1, -0.05) is 46.0 Å². The van der Waals surface area contributed by atoms with Gasteiger partial charge < -0.3 is 10.2 Å². The highest BCUT2D eigenvalue weighted by Gasteiger charge is 2.10. The van der Waals surface area contributed by atoms with Gasteiger partial charge in [0.1, 0.15) is 0 Å².